The molecular weight excluding hydrogens is 444 g/mol. The van der Waals surface area contributed by atoms with Crippen molar-refractivity contribution in [1.29, 1.82) is 0 Å². The SMILES string of the molecule is CCOC(=O)c1sc(NC(=O)c2ccc(OCC)cc2)c(-c2nc3ccccc3s2)c1C. The largest absolute Gasteiger partial charge is 0.494 e. The Hall–Kier alpha value is -3.23. The van der Waals surface area contributed by atoms with Crippen LogP contribution in [0.5, 0.6) is 5.75 Å². The van der Waals surface area contributed by atoms with E-state index in [-0.39, 0.29) is 12.5 Å². The molecular formula is C24H22N2O4S2. The number of ether oxygens (including phenoxy) is 2. The van der Waals surface area contributed by atoms with E-state index in [0.29, 0.717) is 27.8 Å². The lowest BCUT2D eigenvalue weighted by atomic mass is 10.1. The predicted molar refractivity (Wildman–Crippen MR) is 129 cm³/mol. The summed E-state index contributed by atoms with van der Waals surface area (Å²) in [5.41, 5.74) is 2.86. The minimum Gasteiger partial charge on any atom is -0.494 e. The number of thiophene rings is 1. The fourth-order valence-corrected chi connectivity index (χ4v) is 5.51. The molecule has 6 nitrogen and oxygen atoms in total. The van der Waals surface area contributed by atoms with Crippen LogP contribution < -0.4 is 10.1 Å². The zero-order valence-electron chi connectivity index (χ0n) is 17.9. The summed E-state index contributed by atoms with van der Waals surface area (Å²) in [7, 11) is 0. The van der Waals surface area contributed by atoms with Gasteiger partial charge in [0.05, 0.1) is 23.4 Å². The molecule has 0 saturated carbocycles. The Morgan fingerprint density at radius 2 is 1.75 bits per heavy atom. The molecule has 1 amide bonds. The number of carbonyl (C=O) groups is 2. The van der Waals surface area contributed by atoms with Gasteiger partial charge in [-0.25, -0.2) is 9.78 Å². The molecule has 32 heavy (non-hydrogen) atoms. The number of nitrogens with one attached hydrogen (secondary N) is 1. The molecule has 0 saturated heterocycles. The summed E-state index contributed by atoms with van der Waals surface area (Å²) in [6.07, 6.45) is 0. The zero-order chi connectivity index (χ0) is 22.7. The summed E-state index contributed by atoms with van der Waals surface area (Å²) >= 11 is 2.73. The maximum absolute atomic E-state index is 13.0. The van der Waals surface area contributed by atoms with Crippen molar-refractivity contribution in [3.8, 4) is 16.3 Å². The van der Waals surface area contributed by atoms with Crippen molar-refractivity contribution in [2.24, 2.45) is 0 Å². The van der Waals surface area contributed by atoms with E-state index in [1.54, 1.807) is 31.2 Å². The Kier molecular flexibility index (Phi) is 6.53. The summed E-state index contributed by atoms with van der Waals surface area (Å²) in [5, 5.41) is 4.30. The molecule has 0 radical (unpaired) electrons. The first kappa shape index (κ1) is 22.0. The van der Waals surface area contributed by atoms with Gasteiger partial charge in [0.25, 0.3) is 5.91 Å². The molecule has 0 spiro atoms. The fourth-order valence-electron chi connectivity index (χ4n) is 3.27. The Bertz CT molecular complexity index is 1240. The summed E-state index contributed by atoms with van der Waals surface area (Å²) < 4.78 is 11.7. The van der Waals surface area contributed by atoms with Gasteiger partial charge in [-0.15, -0.1) is 22.7 Å². The van der Waals surface area contributed by atoms with Crippen LogP contribution in [0.2, 0.25) is 0 Å². The van der Waals surface area contributed by atoms with E-state index in [1.807, 2.05) is 38.1 Å². The van der Waals surface area contributed by atoms with E-state index < -0.39 is 5.97 Å². The van der Waals surface area contributed by atoms with E-state index in [9.17, 15) is 9.59 Å². The zero-order valence-corrected chi connectivity index (χ0v) is 19.6. The third-order valence-corrected chi connectivity index (χ3v) is 7.01. The number of amides is 1. The van der Waals surface area contributed by atoms with Crippen molar-refractivity contribution in [3.05, 3.63) is 64.5 Å². The number of rotatable bonds is 7. The Morgan fingerprint density at radius 1 is 1.00 bits per heavy atom. The van der Waals surface area contributed by atoms with Crippen LogP contribution in [0, 0.1) is 6.92 Å². The topological polar surface area (TPSA) is 77.5 Å². The van der Waals surface area contributed by atoms with Crippen LogP contribution in [0.15, 0.2) is 48.5 Å². The first-order chi connectivity index (χ1) is 15.5. The molecule has 0 unspecified atom stereocenters. The van der Waals surface area contributed by atoms with Crippen molar-refractivity contribution in [2.45, 2.75) is 20.8 Å². The minimum atomic E-state index is -0.404. The first-order valence-corrected chi connectivity index (χ1v) is 11.9. The smallest absolute Gasteiger partial charge is 0.348 e. The first-order valence-electron chi connectivity index (χ1n) is 10.2. The Balaban J connectivity index is 1.73. The highest BCUT2D eigenvalue weighted by Gasteiger charge is 2.25. The molecule has 1 N–H and O–H groups in total. The van der Waals surface area contributed by atoms with Gasteiger partial charge in [0, 0.05) is 11.1 Å². The molecule has 4 rings (SSSR count). The van der Waals surface area contributed by atoms with Crippen LogP contribution in [-0.2, 0) is 4.74 Å². The molecule has 2 aromatic heterocycles. The molecule has 0 bridgehead atoms. The molecule has 4 aromatic rings. The molecule has 164 valence electrons. The van der Waals surface area contributed by atoms with Gasteiger partial charge < -0.3 is 14.8 Å². The predicted octanol–water partition coefficient (Wildman–Crippen LogP) is 6.16. The average molecular weight is 467 g/mol. The second-order valence-electron chi connectivity index (χ2n) is 6.88. The van der Waals surface area contributed by atoms with E-state index in [4.69, 9.17) is 14.5 Å². The van der Waals surface area contributed by atoms with Gasteiger partial charge in [0.1, 0.15) is 20.6 Å². The van der Waals surface area contributed by atoms with Crippen LogP contribution in [0.3, 0.4) is 0 Å². The number of para-hydroxylation sites is 1. The van der Waals surface area contributed by atoms with Crippen LogP contribution in [0.4, 0.5) is 5.00 Å². The molecule has 0 aliphatic rings. The number of carbonyl (C=O) groups excluding carboxylic acids is 2. The summed E-state index contributed by atoms with van der Waals surface area (Å²) in [5.74, 6) is 0.0294. The highest BCUT2D eigenvalue weighted by molar-refractivity contribution is 7.23. The van der Waals surface area contributed by atoms with Crippen molar-refractivity contribution in [1.82, 2.24) is 4.98 Å². The normalized spacial score (nSPS) is 10.8. The Morgan fingerprint density at radius 3 is 2.44 bits per heavy atom. The van der Waals surface area contributed by atoms with Gasteiger partial charge >= 0.3 is 5.97 Å². The number of hydrogen-bond donors (Lipinski definition) is 1. The maximum Gasteiger partial charge on any atom is 0.348 e. The van der Waals surface area contributed by atoms with Crippen LogP contribution >= 0.6 is 22.7 Å². The van der Waals surface area contributed by atoms with E-state index >= 15 is 0 Å². The van der Waals surface area contributed by atoms with Gasteiger partial charge in [-0.05, 0) is 62.7 Å². The number of benzene rings is 2. The Labute approximate surface area is 193 Å². The maximum atomic E-state index is 13.0. The fraction of sp³-hybridized carbons (Fsp3) is 0.208. The number of nitrogens with zero attached hydrogens (tertiary/aromatic N) is 1. The van der Waals surface area contributed by atoms with E-state index in [2.05, 4.69) is 5.32 Å². The highest BCUT2D eigenvalue weighted by atomic mass is 32.1. The molecule has 0 atom stereocenters. The average Bonchev–Trinajstić information content (AvgIpc) is 3.35. The molecule has 8 heteroatoms. The molecule has 2 heterocycles. The van der Waals surface area contributed by atoms with Crippen molar-refractivity contribution >= 4 is 49.8 Å². The number of hydrogen-bond acceptors (Lipinski definition) is 7. The number of esters is 1. The van der Waals surface area contributed by atoms with Crippen molar-refractivity contribution in [3.63, 3.8) is 0 Å². The van der Waals surface area contributed by atoms with Gasteiger partial charge in [0.2, 0.25) is 0 Å². The van der Waals surface area contributed by atoms with Crippen molar-refractivity contribution < 1.29 is 19.1 Å². The summed E-state index contributed by atoms with van der Waals surface area (Å²) in [6.45, 7) is 6.37. The number of fused-ring (bicyclic) bond motifs is 1. The minimum absolute atomic E-state index is 0.271. The van der Waals surface area contributed by atoms with Gasteiger partial charge in [0.15, 0.2) is 0 Å². The van der Waals surface area contributed by atoms with Crippen LogP contribution in [0.25, 0.3) is 20.8 Å². The van der Waals surface area contributed by atoms with Crippen LogP contribution in [0.1, 0.15) is 39.4 Å². The molecule has 2 aromatic carbocycles. The van der Waals surface area contributed by atoms with E-state index in [0.717, 1.165) is 26.4 Å². The summed E-state index contributed by atoms with van der Waals surface area (Å²) in [6, 6.07) is 14.8. The lowest BCUT2D eigenvalue weighted by Crippen LogP contribution is -2.11. The lowest BCUT2D eigenvalue weighted by Gasteiger charge is -2.07. The molecule has 0 fully saturated rings. The van der Waals surface area contributed by atoms with Crippen LogP contribution in [-0.4, -0.2) is 30.1 Å². The highest BCUT2D eigenvalue weighted by Crippen LogP contribution is 2.43. The second kappa shape index (κ2) is 9.50. The second-order valence-corrected chi connectivity index (χ2v) is 8.93. The van der Waals surface area contributed by atoms with Gasteiger partial charge in [-0.3, -0.25) is 4.79 Å². The lowest BCUT2D eigenvalue weighted by molar-refractivity contribution is 0.0531. The number of thiazole rings is 1. The van der Waals surface area contributed by atoms with Crippen molar-refractivity contribution in [2.75, 3.05) is 18.5 Å². The van der Waals surface area contributed by atoms with Gasteiger partial charge in [-0.1, -0.05) is 12.1 Å². The third-order valence-electron chi connectivity index (χ3n) is 4.77. The quantitative estimate of drug-likeness (QED) is 0.330. The number of aromatic nitrogens is 1. The molecule has 0 aliphatic carbocycles. The summed E-state index contributed by atoms with van der Waals surface area (Å²) in [4.78, 5) is 30.7. The third kappa shape index (κ3) is 4.37. The number of anilines is 1. The standard InChI is InChI=1S/C24H22N2O4S2/c1-4-29-16-12-10-15(11-13-16)21(27)26-23-19(14(3)20(32-23)24(28)30-5-2)22-25-17-8-6-7-9-18(17)31-22/h6-13H,4-5H2,1-3H3,(H,26,27). The van der Waals surface area contributed by atoms with Gasteiger partial charge in [-0.2, -0.15) is 0 Å². The molecule has 0 aliphatic heterocycles. The van der Waals surface area contributed by atoms with E-state index in [1.165, 1.54) is 22.7 Å². The monoisotopic (exact) mass is 466 g/mol.